The van der Waals surface area contributed by atoms with Crippen molar-refractivity contribution in [1.82, 2.24) is 0 Å². The van der Waals surface area contributed by atoms with E-state index >= 15 is 0 Å². The highest BCUT2D eigenvalue weighted by molar-refractivity contribution is 6.02. The number of amides is 1. The largest absolute Gasteiger partial charge is 0.493 e. The van der Waals surface area contributed by atoms with Crippen molar-refractivity contribution < 1.29 is 18.7 Å². The van der Waals surface area contributed by atoms with E-state index in [4.69, 9.17) is 9.47 Å². The van der Waals surface area contributed by atoms with Gasteiger partial charge in [0.15, 0.2) is 11.5 Å². The molecule has 0 radical (unpaired) electrons. The van der Waals surface area contributed by atoms with Gasteiger partial charge in [-0.2, -0.15) is 0 Å². The second-order valence-electron chi connectivity index (χ2n) is 4.65. The van der Waals surface area contributed by atoms with Gasteiger partial charge in [-0.1, -0.05) is 18.2 Å². The van der Waals surface area contributed by atoms with Crippen LogP contribution in [-0.4, -0.2) is 19.6 Å². The first-order chi connectivity index (χ1) is 11.1. The van der Waals surface area contributed by atoms with E-state index in [1.165, 1.54) is 18.2 Å². The zero-order chi connectivity index (χ0) is 16.7. The fourth-order valence-electron chi connectivity index (χ4n) is 1.97. The molecule has 1 N–H and O–H groups in total. The fourth-order valence-corrected chi connectivity index (χ4v) is 1.97. The van der Waals surface area contributed by atoms with Crippen molar-refractivity contribution in [1.29, 1.82) is 0 Å². The molecule has 2 aromatic rings. The number of nitrogens with one attached hydrogen (secondary N) is 1. The zero-order valence-corrected chi connectivity index (χ0v) is 13.0. The van der Waals surface area contributed by atoms with Gasteiger partial charge in [0.2, 0.25) is 5.91 Å². The summed E-state index contributed by atoms with van der Waals surface area (Å²) in [6, 6.07) is 11.3. The van der Waals surface area contributed by atoms with E-state index in [1.54, 1.807) is 43.5 Å². The zero-order valence-electron chi connectivity index (χ0n) is 13.0. The van der Waals surface area contributed by atoms with Crippen molar-refractivity contribution in [2.45, 2.75) is 6.92 Å². The number of rotatable bonds is 6. The normalized spacial score (nSPS) is 10.6. The van der Waals surface area contributed by atoms with Gasteiger partial charge in [-0.05, 0) is 42.8 Å². The summed E-state index contributed by atoms with van der Waals surface area (Å²) in [4.78, 5) is 11.8. The highest BCUT2D eigenvalue weighted by Gasteiger charge is 2.05. The van der Waals surface area contributed by atoms with E-state index in [0.29, 0.717) is 18.1 Å². The second kappa shape index (κ2) is 7.98. The Morgan fingerprint density at radius 3 is 2.70 bits per heavy atom. The third kappa shape index (κ3) is 4.57. The molecule has 0 aliphatic heterocycles. The molecule has 120 valence electrons. The Labute approximate surface area is 134 Å². The van der Waals surface area contributed by atoms with Gasteiger partial charge >= 0.3 is 0 Å². The van der Waals surface area contributed by atoms with Gasteiger partial charge < -0.3 is 14.8 Å². The quantitative estimate of drug-likeness (QED) is 0.823. The number of hydrogen-bond donors (Lipinski definition) is 1. The van der Waals surface area contributed by atoms with E-state index in [-0.39, 0.29) is 5.69 Å². The molecule has 0 aromatic heterocycles. The van der Waals surface area contributed by atoms with Gasteiger partial charge in [0, 0.05) is 6.08 Å². The topological polar surface area (TPSA) is 47.6 Å². The van der Waals surface area contributed by atoms with Gasteiger partial charge in [0.25, 0.3) is 0 Å². The van der Waals surface area contributed by atoms with E-state index in [1.807, 2.05) is 6.92 Å². The summed E-state index contributed by atoms with van der Waals surface area (Å²) < 4.78 is 24.1. The van der Waals surface area contributed by atoms with E-state index in [2.05, 4.69) is 5.32 Å². The van der Waals surface area contributed by atoms with Crippen molar-refractivity contribution in [3.8, 4) is 11.5 Å². The number of para-hydroxylation sites is 1. The minimum atomic E-state index is -0.475. The lowest BCUT2D eigenvalue weighted by Crippen LogP contribution is -2.09. The number of halogens is 1. The Balaban J connectivity index is 2.07. The standard InChI is InChI=1S/C18H18FNO3/c1-3-23-16-10-8-13(12-17(16)22-2)9-11-18(21)20-15-7-5-4-6-14(15)19/h4-12H,3H2,1-2H3,(H,20,21)/b11-9+. The number of benzene rings is 2. The lowest BCUT2D eigenvalue weighted by atomic mass is 10.2. The summed E-state index contributed by atoms with van der Waals surface area (Å²) in [5, 5.41) is 2.48. The van der Waals surface area contributed by atoms with Crippen LogP contribution in [-0.2, 0) is 4.79 Å². The lowest BCUT2D eigenvalue weighted by Gasteiger charge is -2.09. The predicted molar refractivity (Wildman–Crippen MR) is 88.2 cm³/mol. The molecule has 0 saturated carbocycles. The number of ether oxygens (including phenoxy) is 2. The third-order valence-electron chi connectivity index (χ3n) is 3.05. The number of carbonyl (C=O) groups is 1. The molecule has 0 heterocycles. The summed E-state index contributed by atoms with van der Waals surface area (Å²) in [5.41, 5.74) is 0.917. The number of methoxy groups -OCH3 is 1. The SMILES string of the molecule is CCOc1ccc(/C=C/C(=O)Nc2ccccc2F)cc1OC. The molecule has 2 aromatic carbocycles. The molecule has 0 spiro atoms. The van der Waals surface area contributed by atoms with Gasteiger partial charge in [-0.25, -0.2) is 4.39 Å². The molecule has 1 amide bonds. The van der Waals surface area contributed by atoms with Crippen molar-refractivity contribution in [2.24, 2.45) is 0 Å². The van der Waals surface area contributed by atoms with Crippen LogP contribution in [0, 0.1) is 5.82 Å². The molecular weight excluding hydrogens is 297 g/mol. The molecule has 0 fully saturated rings. The van der Waals surface area contributed by atoms with Crippen LogP contribution in [0.4, 0.5) is 10.1 Å². The Morgan fingerprint density at radius 1 is 1.22 bits per heavy atom. The molecule has 0 bridgehead atoms. The summed E-state index contributed by atoms with van der Waals surface area (Å²) in [6.07, 6.45) is 2.95. The first kappa shape index (κ1) is 16.5. The minimum Gasteiger partial charge on any atom is -0.493 e. The van der Waals surface area contributed by atoms with Crippen LogP contribution < -0.4 is 14.8 Å². The van der Waals surface area contributed by atoms with Crippen molar-refractivity contribution in [2.75, 3.05) is 19.0 Å². The van der Waals surface area contributed by atoms with E-state index in [0.717, 1.165) is 5.56 Å². The van der Waals surface area contributed by atoms with Gasteiger partial charge in [-0.15, -0.1) is 0 Å². The summed E-state index contributed by atoms with van der Waals surface area (Å²) >= 11 is 0. The maximum absolute atomic E-state index is 13.5. The average Bonchev–Trinajstić information content (AvgIpc) is 2.56. The Kier molecular flexibility index (Phi) is 5.74. The van der Waals surface area contributed by atoms with Crippen LogP contribution in [0.5, 0.6) is 11.5 Å². The van der Waals surface area contributed by atoms with Gasteiger partial charge in [0.05, 0.1) is 19.4 Å². The molecule has 5 heteroatoms. The van der Waals surface area contributed by atoms with Crippen LogP contribution >= 0.6 is 0 Å². The van der Waals surface area contributed by atoms with Crippen LogP contribution in [0.3, 0.4) is 0 Å². The molecule has 0 atom stereocenters. The molecule has 0 unspecified atom stereocenters. The lowest BCUT2D eigenvalue weighted by molar-refractivity contribution is -0.111. The second-order valence-corrected chi connectivity index (χ2v) is 4.65. The predicted octanol–water partition coefficient (Wildman–Crippen LogP) is 3.88. The monoisotopic (exact) mass is 315 g/mol. The van der Waals surface area contributed by atoms with Gasteiger partial charge in [0.1, 0.15) is 5.82 Å². The Morgan fingerprint density at radius 2 is 2.00 bits per heavy atom. The molecule has 23 heavy (non-hydrogen) atoms. The molecule has 4 nitrogen and oxygen atoms in total. The maximum atomic E-state index is 13.5. The molecule has 0 saturated heterocycles. The maximum Gasteiger partial charge on any atom is 0.248 e. The molecule has 2 rings (SSSR count). The number of anilines is 1. The first-order valence-electron chi connectivity index (χ1n) is 7.18. The van der Waals surface area contributed by atoms with Crippen LogP contribution in [0.1, 0.15) is 12.5 Å². The number of hydrogen-bond acceptors (Lipinski definition) is 3. The van der Waals surface area contributed by atoms with Crippen molar-refractivity contribution >= 4 is 17.7 Å². The number of carbonyl (C=O) groups excluding carboxylic acids is 1. The first-order valence-corrected chi connectivity index (χ1v) is 7.18. The molecular formula is C18H18FNO3. The third-order valence-corrected chi connectivity index (χ3v) is 3.05. The molecule has 0 aliphatic carbocycles. The smallest absolute Gasteiger partial charge is 0.248 e. The van der Waals surface area contributed by atoms with Crippen molar-refractivity contribution in [3.63, 3.8) is 0 Å². The van der Waals surface area contributed by atoms with E-state index in [9.17, 15) is 9.18 Å². The average molecular weight is 315 g/mol. The van der Waals surface area contributed by atoms with Gasteiger partial charge in [-0.3, -0.25) is 4.79 Å². The highest BCUT2D eigenvalue weighted by Crippen LogP contribution is 2.28. The fraction of sp³-hybridized carbons (Fsp3) is 0.167. The minimum absolute atomic E-state index is 0.145. The summed E-state index contributed by atoms with van der Waals surface area (Å²) in [6.45, 7) is 2.43. The van der Waals surface area contributed by atoms with Crippen LogP contribution in [0.2, 0.25) is 0 Å². The summed E-state index contributed by atoms with van der Waals surface area (Å²) in [7, 11) is 1.55. The van der Waals surface area contributed by atoms with E-state index < -0.39 is 11.7 Å². The Hall–Kier alpha value is -2.82. The van der Waals surface area contributed by atoms with Crippen LogP contribution in [0.15, 0.2) is 48.5 Å². The summed E-state index contributed by atoms with van der Waals surface area (Å²) in [5.74, 6) is 0.339. The Bertz CT molecular complexity index is 713. The highest BCUT2D eigenvalue weighted by atomic mass is 19.1. The van der Waals surface area contributed by atoms with Crippen molar-refractivity contribution in [3.05, 3.63) is 59.9 Å². The molecule has 0 aliphatic rings. The van der Waals surface area contributed by atoms with Crippen LogP contribution in [0.25, 0.3) is 6.08 Å².